The Labute approximate surface area is 81.4 Å². The maximum atomic E-state index is 10.4. The fraction of sp³-hybridized carbons (Fsp3) is 1.00. The van der Waals surface area contributed by atoms with Crippen LogP contribution in [0.3, 0.4) is 0 Å². The minimum absolute atomic E-state index is 0.135. The van der Waals surface area contributed by atoms with Gasteiger partial charge in [-0.05, 0) is 30.6 Å². The normalized spacial score (nSPS) is 40.7. The van der Waals surface area contributed by atoms with E-state index in [2.05, 4.69) is 9.64 Å². The van der Waals surface area contributed by atoms with Gasteiger partial charge in [-0.2, -0.15) is 5.11 Å². The van der Waals surface area contributed by atoms with E-state index in [9.17, 15) is 4.57 Å². The van der Waals surface area contributed by atoms with Crippen molar-refractivity contribution in [1.29, 1.82) is 5.53 Å². The first-order valence-electron chi connectivity index (χ1n) is 4.58. The molecule has 0 bridgehead atoms. The molecule has 7 heteroatoms. The zero-order valence-corrected chi connectivity index (χ0v) is 8.43. The van der Waals surface area contributed by atoms with E-state index in [1.54, 1.807) is 0 Å². The van der Waals surface area contributed by atoms with Gasteiger partial charge in [0.25, 0.3) is 0 Å². The predicted octanol–water partition coefficient (Wildman–Crippen LogP) is 1.15. The molecule has 0 heterocycles. The molecular formula is C7H13N2O4P. The van der Waals surface area contributed by atoms with Gasteiger partial charge in [-0.15, -0.1) is 0 Å². The van der Waals surface area contributed by atoms with E-state index in [0.717, 1.165) is 12.8 Å². The molecule has 2 rings (SSSR count). The molecule has 2 atom stereocenters. The van der Waals surface area contributed by atoms with Crippen molar-refractivity contribution in [1.82, 2.24) is 0 Å². The first-order chi connectivity index (χ1) is 6.51. The number of phosphoric acid groups is 1. The van der Waals surface area contributed by atoms with Gasteiger partial charge in [0.2, 0.25) is 0 Å². The lowest BCUT2D eigenvalue weighted by Gasteiger charge is -2.08. The SMILES string of the molecule is N=NC1CC2C(COP(=O)(O)O)C2C1. The quantitative estimate of drug-likeness (QED) is 0.488. The minimum Gasteiger partial charge on any atom is -0.303 e. The molecule has 0 aromatic heterocycles. The van der Waals surface area contributed by atoms with Crippen molar-refractivity contribution >= 4 is 7.82 Å². The lowest BCUT2D eigenvalue weighted by atomic mass is 10.1. The topological polar surface area (TPSA) is 103 Å². The van der Waals surface area contributed by atoms with Crippen molar-refractivity contribution in [3.63, 3.8) is 0 Å². The second-order valence-electron chi connectivity index (χ2n) is 4.03. The number of phosphoric ester groups is 1. The summed E-state index contributed by atoms with van der Waals surface area (Å²) in [5.41, 5.74) is 6.85. The van der Waals surface area contributed by atoms with Crippen LogP contribution in [-0.2, 0) is 9.09 Å². The molecule has 6 nitrogen and oxygen atoms in total. The summed E-state index contributed by atoms with van der Waals surface area (Å²) < 4.78 is 14.9. The van der Waals surface area contributed by atoms with Crippen molar-refractivity contribution in [2.75, 3.05) is 6.61 Å². The van der Waals surface area contributed by atoms with Crippen molar-refractivity contribution < 1.29 is 18.9 Å². The maximum Gasteiger partial charge on any atom is 0.469 e. The molecule has 0 spiro atoms. The van der Waals surface area contributed by atoms with Gasteiger partial charge in [0.05, 0.1) is 12.6 Å². The van der Waals surface area contributed by atoms with E-state index in [4.69, 9.17) is 15.3 Å². The second kappa shape index (κ2) is 3.38. The van der Waals surface area contributed by atoms with E-state index in [1.165, 1.54) is 0 Å². The van der Waals surface area contributed by atoms with Gasteiger partial charge < -0.3 is 9.79 Å². The number of fused-ring (bicyclic) bond motifs is 1. The molecule has 0 radical (unpaired) electrons. The Morgan fingerprint density at radius 3 is 2.43 bits per heavy atom. The minimum atomic E-state index is -4.30. The summed E-state index contributed by atoms with van der Waals surface area (Å²) in [6.07, 6.45) is 1.76. The number of hydrogen-bond donors (Lipinski definition) is 3. The van der Waals surface area contributed by atoms with Crippen LogP contribution < -0.4 is 0 Å². The zero-order valence-electron chi connectivity index (χ0n) is 7.54. The van der Waals surface area contributed by atoms with Crippen LogP contribution >= 0.6 is 7.82 Å². The molecule has 80 valence electrons. The summed E-state index contributed by atoms with van der Waals surface area (Å²) in [5.74, 6) is 1.22. The molecule has 3 N–H and O–H groups in total. The summed E-state index contributed by atoms with van der Waals surface area (Å²) in [6, 6.07) is 0.135. The molecule has 2 saturated carbocycles. The molecule has 0 aliphatic heterocycles. The Balaban J connectivity index is 1.74. The van der Waals surface area contributed by atoms with Gasteiger partial charge in [0, 0.05) is 0 Å². The van der Waals surface area contributed by atoms with Gasteiger partial charge in [0.15, 0.2) is 0 Å². The van der Waals surface area contributed by atoms with Crippen LogP contribution in [0, 0.1) is 23.3 Å². The highest BCUT2D eigenvalue weighted by atomic mass is 31.2. The molecule has 0 aromatic rings. The Kier molecular flexibility index (Phi) is 2.47. The number of hydrogen-bond acceptors (Lipinski definition) is 4. The Hall–Kier alpha value is -0.290. The number of nitrogens with zero attached hydrogens (tertiary/aromatic N) is 1. The van der Waals surface area contributed by atoms with E-state index >= 15 is 0 Å². The molecular weight excluding hydrogens is 207 g/mol. The summed E-state index contributed by atoms with van der Waals surface area (Å²) in [5, 5.41) is 3.47. The standard InChI is InChI=1S/C7H13N2O4P/c8-9-4-1-5-6(2-4)7(5)3-13-14(10,11)12/h4-8H,1-3H2,(H2,10,11,12). The van der Waals surface area contributed by atoms with Crippen LogP contribution in [0.5, 0.6) is 0 Å². The summed E-state index contributed by atoms with van der Waals surface area (Å²) in [4.78, 5) is 17.0. The largest absolute Gasteiger partial charge is 0.469 e. The first kappa shape index (κ1) is 10.2. The zero-order chi connectivity index (χ0) is 10.3. The third-order valence-corrected chi connectivity index (χ3v) is 3.70. The Morgan fingerprint density at radius 1 is 1.43 bits per heavy atom. The monoisotopic (exact) mass is 220 g/mol. The van der Waals surface area contributed by atoms with Crippen LogP contribution in [0.1, 0.15) is 12.8 Å². The van der Waals surface area contributed by atoms with Crippen LogP contribution in [0.4, 0.5) is 0 Å². The molecule has 0 aromatic carbocycles. The molecule has 0 amide bonds. The Morgan fingerprint density at radius 2 is 2.00 bits per heavy atom. The van der Waals surface area contributed by atoms with E-state index in [-0.39, 0.29) is 18.6 Å². The lowest BCUT2D eigenvalue weighted by Crippen LogP contribution is -2.06. The third kappa shape index (κ3) is 2.03. The average molecular weight is 220 g/mol. The highest BCUT2D eigenvalue weighted by molar-refractivity contribution is 7.46. The van der Waals surface area contributed by atoms with Crippen molar-refractivity contribution in [2.45, 2.75) is 18.9 Å². The van der Waals surface area contributed by atoms with Crippen LogP contribution in [0.15, 0.2) is 5.11 Å². The van der Waals surface area contributed by atoms with Gasteiger partial charge in [-0.1, -0.05) is 0 Å². The fourth-order valence-electron chi connectivity index (χ4n) is 2.48. The van der Waals surface area contributed by atoms with Gasteiger partial charge in [-0.3, -0.25) is 4.52 Å². The van der Waals surface area contributed by atoms with Crippen molar-refractivity contribution in [2.24, 2.45) is 22.9 Å². The highest BCUT2D eigenvalue weighted by Gasteiger charge is 2.56. The summed E-state index contributed by atoms with van der Waals surface area (Å²) in [7, 11) is -4.30. The van der Waals surface area contributed by atoms with Gasteiger partial charge in [0.1, 0.15) is 0 Å². The number of nitrogens with one attached hydrogen (secondary N) is 1. The lowest BCUT2D eigenvalue weighted by molar-refractivity contribution is 0.181. The highest BCUT2D eigenvalue weighted by Crippen LogP contribution is 2.59. The average Bonchev–Trinajstić information content (AvgIpc) is 2.56. The first-order valence-corrected chi connectivity index (χ1v) is 6.11. The van der Waals surface area contributed by atoms with E-state index in [0.29, 0.717) is 11.8 Å². The second-order valence-corrected chi connectivity index (χ2v) is 5.27. The van der Waals surface area contributed by atoms with Crippen molar-refractivity contribution in [3.8, 4) is 0 Å². The fourth-order valence-corrected chi connectivity index (χ4v) is 2.85. The summed E-state index contributed by atoms with van der Waals surface area (Å²) >= 11 is 0. The molecule has 14 heavy (non-hydrogen) atoms. The molecule has 2 fully saturated rings. The summed E-state index contributed by atoms with van der Waals surface area (Å²) in [6.45, 7) is 0.143. The van der Waals surface area contributed by atoms with Crippen LogP contribution in [-0.4, -0.2) is 22.4 Å². The smallest absolute Gasteiger partial charge is 0.303 e. The number of rotatable bonds is 4. The maximum absolute atomic E-state index is 10.4. The molecule has 2 aliphatic rings. The van der Waals surface area contributed by atoms with E-state index < -0.39 is 7.82 Å². The Bertz CT molecular complexity index is 279. The van der Waals surface area contributed by atoms with Gasteiger partial charge in [-0.25, -0.2) is 10.1 Å². The molecule has 2 unspecified atom stereocenters. The molecule has 0 saturated heterocycles. The van der Waals surface area contributed by atoms with Crippen LogP contribution in [0.2, 0.25) is 0 Å². The predicted molar refractivity (Wildman–Crippen MR) is 46.6 cm³/mol. The van der Waals surface area contributed by atoms with E-state index in [1.807, 2.05) is 0 Å². The van der Waals surface area contributed by atoms with Gasteiger partial charge >= 0.3 is 7.82 Å². The molecule has 2 aliphatic carbocycles. The van der Waals surface area contributed by atoms with Crippen molar-refractivity contribution in [3.05, 3.63) is 0 Å². The van der Waals surface area contributed by atoms with Crippen LogP contribution in [0.25, 0.3) is 0 Å². The third-order valence-electron chi connectivity index (χ3n) is 3.22.